The molecule has 2 aromatic heterocycles. The molecular weight excluding hydrogens is 448 g/mol. The molecule has 1 N–H and O–H groups in total. The maximum Gasteiger partial charge on any atom is 0.196 e. The molecule has 0 aliphatic carbocycles. The highest BCUT2D eigenvalue weighted by atomic mass is 32.2. The standard InChI is InChI=1S/C26H26N4O3S/c1-3-6-19-7-4-5-8-24(19)33-17-22(31)18-34-26-29-28-25(20-13-15-27-16-14-20)30(26)21-9-11-23(32-2)12-10-21/h3-5,7-16,22,31H,1,6,17-18H2,2H3. The molecule has 0 radical (unpaired) electrons. The first-order valence-electron chi connectivity index (χ1n) is 10.8. The number of para-hydroxylation sites is 1. The van der Waals surface area contributed by atoms with Gasteiger partial charge < -0.3 is 14.6 Å². The first kappa shape index (κ1) is 23.5. The van der Waals surface area contributed by atoms with Crippen molar-refractivity contribution in [2.24, 2.45) is 0 Å². The average molecular weight is 475 g/mol. The number of thioether (sulfide) groups is 1. The van der Waals surface area contributed by atoms with Crippen LogP contribution in [0.15, 0.2) is 90.9 Å². The zero-order valence-corrected chi connectivity index (χ0v) is 19.7. The Kier molecular flexibility index (Phi) is 7.95. The van der Waals surface area contributed by atoms with E-state index in [1.54, 1.807) is 19.5 Å². The number of aliphatic hydroxyl groups excluding tert-OH is 1. The Morgan fingerprint density at radius 3 is 2.56 bits per heavy atom. The summed E-state index contributed by atoms with van der Waals surface area (Å²) in [6.45, 7) is 3.96. The van der Waals surface area contributed by atoms with E-state index in [1.807, 2.05) is 71.3 Å². The second-order valence-electron chi connectivity index (χ2n) is 7.45. The molecule has 0 saturated carbocycles. The fraction of sp³-hybridized carbons (Fsp3) is 0.192. The molecule has 2 heterocycles. The zero-order valence-electron chi connectivity index (χ0n) is 18.9. The second kappa shape index (κ2) is 11.5. The first-order valence-corrected chi connectivity index (χ1v) is 11.8. The summed E-state index contributed by atoms with van der Waals surface area (Å²) in [5, 5.41) is 20.1. The molecular formula is C26H26N4O3S. The summed E-state index contributed by atoms with van der Waals surface area (Å²) in [7, 11) is 1.64. The molecule has 7 nitrogen and oxygen atoms in total. The van der Waals surface area contributed by atoms with Crippen LogP contribution >= 0.6 is 11.8 Å². The highest BCUT2D eigenvalue weighted by molar-refractivity contribution is 7.99. The predicted molar refractivity (Wildman–Crippen MR) is 134 cm³/mol. The summed E-state index contributed by atoms with van der Waals surface area (Å²) in [5.41, 5.74) is 2.83. The second-order valence-corrected chi connectivity index (χ2v) is 8.44. The SMILES string of the molecule is C=CCc1ccccc1OCC(O)CSc1nnc(-c2ccncc2)n1-c1ccc(OC)cc1. The van der Waals surface area contributed by atoms with Crippen molar-refractivity contribution in [2.75, 3.05) is 19.5 Å². The van der Waals surface area contributed by atoms with Crippen molar-refractivity contribution in [1.82, 2.24) is 19.7 Å². The molecule has 8 heteroatoms. The third kappa shape index (κ3) is 5.65. The Balaban J connectivity index is 1.50. The van der Waals surface area contributed by atoms with Crippen LogP contribution in [0.25, 0.3) is 17.1 Å². The lowest BCUT2D eigenvalue weighted by Gasteiger charge is -2.15. The van der Waals surface area contributed by atoms with E-state index in [4.69, 9.17) is 9.47 Å². The Bertz CT molecular complexity index is 1210. The van der Waals surface area contributed by atoms with E-state index in [-0.39, 0.29) is 6.61 Å². The summed E-state index contributed by atoms with van der Waals surface area (Å²) in [5.74, 6) is 2.61. The number of pyridine rings is 1. The minimum atomic E-state index is -0.688. The molecule has 0 saturated heterocycles. The van der Waals surface area contributed by atoms with E-state index in [2.05, 4.69) is 21.8 Å². The normalized spacial score (nSPS) is 11.7. The van der Waals surface area contributed by atoms with Crippen LogP contribution in [-0.4, -0.2) is 50.4 Å². The fourth-order valence-corrected chi connectivity index (χ4v) is 4.25. The number of benzene rings is 2. The van der Waals surface area contributed by atoms with Gasteiger partial charge in [-0.3, -0.25) is 9.55 Å². The summed E-state index contributed by atoms with van der Waals surface area (Å²) < 4.78 is 13.1. The van der Waals surface area contributed by atoms with Gasteiger partial charge in [0.05, 0.1) is 13.2 Å². The van der Waals surface area contributed by atoms with Crippen molar-refractivity contribution >= 4 is 11.8 Å². The van der Waals surface area contributed by atoms with Crippen molar-refractivity contribution in [1.29, 1.82) is 0 Å². The number of aromatic nitrogens is 4. The number of nitrogens with zero attached hydrogens (tertiary/aromatic N) is 4. The molecule has 0 bridgehead atoms. The molecule has 0 aliphatic rings. The van der Waals surface area contributed by atoms with Crippen LogP contribution in [0, 0.1) is 0 Å². The fourth-order valence-electron chi connectivity index (χ4n) is 3.39. The van der Waals surface area contributed by atoms with Crippen molar-refractivity contribution < 1.29 is 14.6 Å². The quantitative estimate of drug-likeness (QED) is 0.251. The predicted octanol–water partition coefficient (Wildman–Crippen LogP) is 4.60. The monoisotopic (exact) mass is 474 g/mol. The molecule has 1 unspecified atom stereocenters. The average Bonchev–Trinajstić information content (AvgIpc) is 3.31. The van der Waals surface area contributed by atoms with E-state index >= 15 is 0 Å². The van der Waals surface area contributed by atoms with E-state index in [9.17, 15) is 5.11 Å². The Morgan fingerprint density at radius 1 is 1.06 bits per heavy atom. The molecule has 34 heavy (non-hydrogen) atoms. The number of hydrogen-bond donors (Lipinski definition) is 1. The van der Waals surface area contributed by atoms with Crippen LogP contribution in [0.3, 0.4) is 0 Å². The van der Waals surface area contributed by atoms with Gasteiger partial charge in [-0.1, -0.05) is 36.0 Å². The van der Waals surface area contributed by atoms with Crippen LogP contribution < -0.4 is 9.47 Å². The van der Waals surface area contributed by atoms with Crippen molar-refractivity contribution in [3.63, 3.8) is 0 Å². The number of methoxy groups -OCH3 is 1. The third-order valence-electron chi connectivity index (χ3n) is 5.08. The topological polar surface area (TPSA) is 82.3 Å². The summed E-state index contributed by atoms with van der Waals surface area (Å²) in [6, 6.07) is 19.2. The maximum atomic E-state index is 10.6. The van der Waals surface area contributed by atoms with E-state index < -0.39 is 6.10 Å². The van der Waals surface area contributed by atoms with Crippen LogP contribution in [0.1, 0.15) is 5.56 Å². The van der Waals surface area contributed by atoms with Gasteiger partial charge in [-0.25, -0.2) is 0 Å². The largest absolute Gasteiger partial charge is 0.497 e. The van der Waals surface area contributed by atoms with Crippen LogP contribution in [0.4, 0.5) is 0 Å². The minimum Gasteiger partial charge on any atom is -0.497 e. The molecule has 174 valence electrons. The number of hydrogen-bond acceptors (Lipinski definition) is 7. The maximum absolute atomic E-state index is 10.6. The van der Waals surface area contributed by atoms with E-state index in [1.165, 1.54) is 11.8 Å². The summed E-state index contributed by atoms with van der Waals surface area (Å²) in [6.07, 6.45) is 5.30. The van der Waals surface area contributed by atoms with Gasteiger partial charge >= 0.3 is 0 Å². The van der Waals surface area contributed by atoms with Gasteiger partial charge in [0.25, 0.3) is 0 Å². The van der Waals surface area contributed by atoms with Crippen LogP contribution in [-0.2, 0) is 6.42 Å². The van der Waals surface area contributed by atoms with Crippen LogP contribution in [0.2, 0.25) is 0 Å². The minimum absolute atomic E-state index is 0.176. The van der Waals surface area contributed by atoms with Gasteiger partial charge in [0.15, 0.2) is 11.0 Å². The summed E-state index contributed by atoms with van der Waals surface area (Å²) >= 11 is 1.42. The van der Waals surface area contributed by atoms with Gasteiger partial charge in [0.1, 0.15) is 18.1 Å². The lowest BCUT2D eigenvalue weighted by molar-refractivity contribution is 0.126. The zero-order chi connectivity index (χ0) is 23.8. The van der Waals surface area contributed by atoms with E-state index in [0.717, 1.165) is 28.3 Å². The summed E-state index contributed by atoms with van der Waals surface area (Å²) in [4.78, 5) is 4.09. The number of rotatable bonds is 11. The van der Waals surface area contributed by atoms with E-state index in [0.29, 0.717) is 23.2 Å². The Hall–Kier alpha value is -3.62. The number of ether oxygens (including phenoxy) is 2. The van der Waals surface area contributed by atoms with Gasteiger partial charge in [0.2, 0.25) is 0 Å². The number of aliphatic hydroxyl groups is 1. The molecule has 0 spiro atoms. The highest BCUT2D eigenvalue weighted by Gasteiger charge is 2.18. The molecule has 2 aromatic carbocycles. The molecule has 4 aromatic rings. The lowest BCUT2D eigenvalue weighted by Crippen LogP contribution is -2.20. The van der Waals surface area contributed by atoms with Crippen molar-refractivity contribution in [3.8, 4) is 28.6 Å². The Labute approximate surface area is 203 Å². The van der Waals surface area contributed by atoms with Gasteiger partial charge in [-0.15, -0.1) is 16.8 Å². The Morgan fingerprint density at radius 2 is 1.82 bits per heavy atom. The molecule has 0 amide bonds. The smallest absolute Gasteiger partial charge is 0.196 e. The van der Waals surface area contributed by atoms with Gasteiger partial charge in [0, 0.05) is 29.4 Å². The first-order chi connectivity index (χ1) is 16.7. The molecule has 1 atom stereocenters. The van der Waals surface area contributed by atoms with Crippen molar-refractivity contribution in [2.45, 2.75) is 17.7 Å². The number of allylic oxidation sites excluding steroid dienone is 1. The van der Waals surface area contributed by atoms with Crippen LogP contribution in [0.5, 0.6) is 11.5 Å². The molecule has 0 fully saturated rings. The van der Waals surface area contributed by atoms with Crippen molar-refractivity contribution in [3.05, 3.63) is 91.3 Å². The van der Waals surface area contributed by atoms with Gasteiger partial charge in [-0.2, -0.15) is 0 Å². The highest BCUT2D eigenvalue weighted by Crippen LogP contribution is 2.29. The third-order valence-corrected chi connectivity index (χ3v) is 6.15. The molecule has 0 aliphatic heterocycles. The lowest BCUT2D eigenvalue weighted by atomic mass is 10.1. The van der Waals surface area contributed by atoms with Gasteiger partial charge in [-0.05, 0) is 54.4 Å². The molecule has 4 rings (SSSR count).